The van der Waals surface area contributed by atoms with Gasteiger partial charge in [0.1, 0.15) is 0 Å². The molecule has 0 unspecified atom stereocenters. The largest absolute Gasteiger partial charge is 0.416 e. The van der Waals surface area contributed by atoms with Crippen LogP contribution >= 0.6 is 0 Å². The van der Waals surface area contributed by atoms with Gasteiger partial charge in [-0.25, -0.2) is 4.68 Å². The minimum atomic E-state index is -4.50. The molecule has 1 heterocycles. The van der Waals surface area contributed by atoms with Crippen LogP contribution in [0.3, 0.4) is 0 Å². The van der Waals surface area contributed by atoms with Gasteiger partial charge in [0.05, 0.1) is 11.3 Å². The highest BCUT2D eigenvalue weighted by Gasteiger charge is 2.30. The summed E-state index contributed by atoms with van der Waals surface area (Å²) in [5, 5.41) is 3.73. The lowest BCUT2D eigenvalue weighted by atomic mass is 10.2. The summed E-state index contributed by atoms with van der Waals surface area (Å²) in [6.45, 7) is 1.49. The van der Waals surface area contributed by atoms with Crippen LogP contribution in [0.15, 0.2) is 35.1 Å². The fourth-order valence-corrected chi connectivity index (χ4v) is 1.79. The second-order valence-electron chi connectivity index (χ2n) is 4.32. The van der Waals surface area contributed by atoms with Crippen molar-refractivity contribution in [3.05, 3.63) is 57.5 Å². The number of aromatic nitrogens is 2. The molecule has 0 saturated carbocycles. The van der Waals surface area contributed by atoms with E-state index >= 15 is 0 Å². The van der Waals surface area contributed by atoms with Crippen LogP contribution < -0.4 is 11.2 Å². The Morgan fingerprint density at radius 1 is 1.29 bits per heavy atom. The highest BCUT2D eigenvalue weighted by Crippen LogP contribution is 2.30. The quantitative estimate of drug-likeness (QED) is 0.915. The average Bonchev–Trinajstić information content (AvgIpc) is 2.37. The Morgan fingerprint density at radius 3 is 2.52 bits per heavy atom. The fourth-order valence-electron chi connectivity index (χ4n) is 1.79. The van der Waals surface area contributed by atoms with Gasteiger partial charge in [0.25, 0.3) is 5.91 Å². The van der Waals surface area contributed by atoms with E-state index in [9.17, 15) is 22.8 Å². The Morgan fingerprint density at radius 2 is 1.95 bits per heavy atom. The number of carbonyl (C=O) groups excluding carboxylic acids is 1. The third kappa shape index (κ3) is 2.93. The molecule has 0 aliphatic heterocycles. The molecule has 0 bridgehead atoms. The van der Waals surface area contributed by atoms with Gasteiger partial charge in [-0.2, -0.15) is 18.3 Å². The number of primary amides is 1. The molecule has 0 aliphatic carbocycles. The highest BCUT2D eigenvalue weighted by atomic mass is 19.4. The molecule has 2 N–H and O–H groups in total. The zero-order valence-corrected chi connectivity index (χ0v) is 10.8. The molecule has 2 rings (SSSR count). The smallest absolute Gasteiger partial charge is 0.364 e. The first kappa shape index (κ1) is 14.8. The maximum Gasteiger partial charge on any atom is 0.416 e. The molecular formula is C13H10F3N3O2. The number of alkyl halides is 3. The predicted molar refractivity (Wildman–Crippen MR) is 68.1 cm³/mol. The van der Waals surface area contributed by atoms with Crippen molar-refractivity contribution in [2.45, 2.75) is 13.1 Å². The summed E-state index contributed by atoms with van der Waals surface area (Å²) < 4.78 is 39.2. The van der Waals surface area contributed by atoms with Crippen LogP contribution in [0.5, 0.6) is 0 Å². The lowest BCUT2D eigenvalue weighted by Crippen LogP contribution is -2.27. The Hall–Kier alpha value is -2.64. The third-order valence-corrected chi connectivity index (χ3v) is 2.76. The van der Waals surface area contributed by atoms with E-state index in [0.717, 1.165) is 22.9 Å². The Bertz CT molecular complexity index is 766. The zero-order chi connectivity index (χ0) is 15.8. The van der Waals surface area contributed by atoms with Crippen molar-refractivity contribution in [2.24, 2.45) is 5.73 Å². The van der Waals surface area contributed by atoms with Crippen molar-refractivity contribution in [3.8, 4) is 5.69 Å². The summed E-state index contributed by atoms with van der Waals surface area (Å²) in [4.78, 5) is 22.6. The van der Waals surface area contributed by atoms with Crippen molar-refractivity contribution in [3.63, 3.8) is 0 Å². The van der Waals surface area contributed by atoms with Crippen molar-refractivity contribution in [2.75, 3.05) is 0 Å². The van der Waals surface area contributed by atoms with Gasteiger partial charge < -0.3 is 5.73 Å². The van der Waals surface area contributed by atoms with E-state index in [4.69, 9.17) is 5.73 Å². The van der Waals surface area contributed by atoms with Crippen LogP contribution in [-0.2, 0) is 6.18 Å². The van der Waals surface area contributed by atoms with E-state index in [-0.39, 0.29) is 11.4 Å². The third-order valence-electron chi connectivity index (χ3n) is 2.76. The summed E-state index contributed by atoms with van der Waals surface area (Å²) in [6.07, 6.45) is -4.50. The highest BCUT2D eigenvalue weighted by molar-refractivity contribution is 5.90. The SMILES string of the molecule is Cc1cc(=O)c(C(N)=O)nn1-c1cccc(C(F)(F)F)c1. The van der Waals surface area contributed by atoms with Crippen LogP contribution in [0.2, 0.25) is 0 Å². The van der Waals surface area contributed by atoms with Gasteiger partial charge >= 0.3 is 6.18 Å². The number of hydrogen-bond donors (Lipinski definition) is 1. The molecule has 1 amide bonds. The Balaban J connectivity index is 2.65. The number of rotatable bonds is 2. The summed E-state index contributed by atoms with van der Waals surface area (Å²) in [7, 11) is 0. The van der Waals surface area contributed by atoms with Crippen LogP contribution in [-0.4, -0.2) is 15.7 Å². The number of amides is 1. The lowest BCUT2D eigenvalue weighted by molar-refractivity contribution is -0.137. The molecule has 0 radical (unpaired) electrons. The zero-order valence-electron chi connectivity index (χ0n) is 10.8. The molecule has 8 heteroatoms. The number of nitrogens with zero attached hydrogens (tertiary/aromatic N) is 2. The van der Waals surface area contributed by atoms with Gasteiger partial charge in [0.15, 0.2) is 5.69 Å². The van der Waals surface area contributed by atoms with E-state index in [1.165, 1.54) is 19.1 Å². The average molecular weight is 297 g/mol. The van der Waals surface area contributed by atoms with Crippen molar-refractivity contribution in [1.82, 2.24) is 9.78 Å². The molecule has 5 nitrogen and oxygen atoms in total. The molecule has 0 spiro atoms. The fraction of sp³-hybridized carbons (Fsp3) is 0.154. The van der Waals surface area contributed by atoms with E-state index in [2.05, 4.69) is 5.10 Å². The molecule has 21 heavy (non-hydrogen) atoms. The monoisotopic (exact) mass is 297 g/mol. The molecule has 0 aliphatic rings. The Labute approximate surface area is 116 Å². The minimum Gasteiger partial charge on any atom is -0.364 e. The van der Waals surface area contributed by atoms with Gasteiger partial charge in [0.2, 0.25) is 5.43 Å². The van der Waals surface area contributed by atoms with E-state index < -0.39 is 28.8 Å². The molecule has 2 aromatic rings. The first-order valence-corrected chi connectivity index (χ1v) is 5.78. The number of nitrogens with two attached hydrogens (primary N) is 1. The van der Waals surface area contributed by atoms with Crippen molar-refractivity contribution < 1.29 is 18.0 Å². The molecule has 1 aromatic heterocycles. The van der Waals surface area contributed by atoms with E-state index in [1.807, 2.05) is 0 Å². The molecule has 0 atom stereocenters. The van der Waals surface area contributed by atoms with Crippen LogP contribution in [0.1, 0.15) is 21.7 Å². The predicted octanol–water partition coefficient (Wildman–Crippen LogP) is 1.66. The van der Waals surface area contributed by atoms with Crippen molar-refractivity contribution in [1.29, 1.82) is 0 Å². The molecule has 1 aromatic carbocycles. The lowest BCUT2D eigenvalue weighted by Gasteiger charge is -2.12. The van der Waals surface area contributed by atoms with E-state index in [0.29, 0.717) is 0 Å². The number of carbonyl (C=O) groups is 1. The second kappa shape index (κ2) is 5.04. The van der Waals surface area contributed by atoms with Gasteiger partial charge in [0, 0.05) is 11.8 Å². The van der Waals surface area contributed by atoms with Crippen molar-refractivity contribution >= 4 is 5.91 Å². The maximum atomic E-state index is 12.7. The normalized spacial score (nSPS) is 11.4. The number of benzene rings is 1. The summed E-state index contributed by atoms with van der Waals surface area (Å²) in [5.74, 6) is -1.04. The van der Waals surface area contributed by atoms with Gasteiger partial charge in [-0.15, -0.1) is 0 Å². The number of aryl methyl sites for hydroxylation is 1. The molecule has 110 valence electrons. The maximum absolute atomic E-state index is 12.7. The van der Waals surface area contributed by atoms with Gasteiger partial charge in [-0.1, -0.05) is 6.07 Å². The molecule has 0 saturated heterocycles. The minimum absolute atomic E-state index is 0.0739. The van der Waals surface area contributed by atoms with Gasteiger partial charge in [-0.3, -0.25) is 9.59 Å². The first-order valence-electron chi connectivity index (χ1n) is 5.78. The topological polar surface area (TPSA) is 78.0 Å². The summed E-state index contributed by atoms with van der Waals surface area (Å²) >= 11 is 0. The van der Waals surface area contributed by atoms with Gasteiger partial charge in [-0.05, 0) is 25.1 Å². The Kier molecular flexibility index (Phi) is 3.54. The first-order chi connectivity index (χ1) is 9.70. The number of hydrogen-bond acceptors (Lipinski definition) is 3. The van der Waals surface area contributed by atoms with E-state index in [1.54, 1.807) is 0 Å². The second-order valence-corrected chi connectivity index (χ2v) is 4.32. The van der Waals surface area contributed by atoms with Crippen LogP contribution in [0.4, 0.5) is 13.2 Å². The number of halogens is 3. The molecular weight excluding hydrogens is 287 g/mol. The summed E-state index contributed by atoms with van der Waals surface area (Å²) in [5.41, 5.74) is 3.30. The standard InChI is InChI=1S/C13H10F3N3O2/c1-7-5-10(20)11(12(17)21)18-19(7)9-4-2-3-8(6-9)13(14,15)16/h2-6H,1H3,(H2,17,21). The van der Waals surface area contributed by atoms with Crippen LogP contribution in [0, 0.1) is 6.92 Å². The van der Waals surface area contributed by atoms with Crippen LogP contribution in [0.25, 0.3) is 5.69 Å². The summed E-state index contributed by atoms with van der Waals surface area (Å²) in [6, 6.07) is 5.46. The molecule has 0 fully saturated rings.